The second kappa shape index (κ2) is 7.61. The van der Waals surface area contributed by atoms with Crippen LogP contribution in [0.2, 0.25) is 0 Å². The maximum absolute atomic E-state index is 13.4. The van der Waals surface area contributed by atoms with Crippen LogP contribution in [0.25, 0.3) is 0 Å². The summed E-state index contributed by atoms with van der Waals surface area (Å²) >= 11 is 0. The van der Waals surface area contributed by atoms with E-state index in [-0.39, 0.29) is 30.2 Å². The number of halogens is 2. The van der Waals surface area contributed by atoms with Gasteiger partial charge in [0, 0.05) is 0 Å². The zero-order chi connectivity index (χ0) is 14.6. The van der Waals surface area contributed by atoms with E-state index in [2.05, 4.69) is 5.32 Å². The molecule has 1 saturated carbocycles. The van der Waals surface area contributed by atoms with Crippen molar-refractivity contribution in [3.05, 3.63) is 30.1 Å². The van der Waals surface area contributed by atoms with Crippen LogP contribution in [0, 0.1) is 5.82 Å². The predicted molar refractivity (Wildman–Crippen MR) is 82.1 cm³/mol. The van der Waals surface area contributed by atoms with Gasteiger partial charge in [-0.2, -0.15) is 0 Å². The first-order chi connectivity index (χ1) is 9.51. The van der Waals surface area contributed by atoms with Gasteiger partial charge in [-0.1, -0.05) is 25.0 Å². The van der Waals surface area contributed by atoms with Crippen LogP contribution in [0.1, 0.15) is 32.6 Å². The molecule has 1 atom stereocenters. The molecule has 118 valence electrons. The Bertz CT molecular complexity index is 478. The number of nitrogens with two attached hydrogens (primary N) is 1. The molecule has 6 heteroatoms. The van der Waals surface area contributed by atoms with E-state index in [0.717, 1.165) is 25.7 Å². The van der Waals surface area contributed by atoms with Crippen molar-refractivity contribution >= 4 is 18.3 Å². The van der Waals surface area contributed by atoms with Crippen molar-refractivity contribution in [3.63, 3.8) is 0 Å². The number of para-hydroxylation sites is 1. The third-order valence-electron chi connectivity index (χ3n) is 3.66. The third kappa shape index (κ3) is 4.58. The smallest absolute Gasteiger partial charge is 0.240 e. The number of hydrogen-bond donors (Lipinski definition) is 2. The van der Waals surface area contributed by atoms with Gasteiger partial charge in [-0.3, -0.25) is 4.79 Å². The van der Waals surface area contributed by atoms with Crippen LogP contribution >= 0.6 is 12.4 Å². The highest BCUT2D eigenvalue weighted by atomic mass is 35.5. The summed E-state index contributed by atoms with van der Waals surface area (Å²) in [6, 6.07) is 6.22. The Hall–Kier alpha value is -1.33. The zero-order valence-corrected chi connectivity index (χ0v) is 12.9. The van der Waals surface area contributed by atoms with Gasteiger partial charge in [0.1, 0.15) is 6.10 Å². The molecule has 0 radical (unpaired) electrons. The Balaban J connectivity index is 0.00000220. The second-order valence-corrected chi connectivity index (χ2v) is 5.43. The van der Waals surface area contributed by atoms with E-state index in [1.54, 1.807) is 25.1 Å². The fourth-order valence-electron chi connectivity index (χ4n) is 2.44. The van der Waals surface area contributed by atoms with Gasteiger partial charge < -0.3 is 15.8 Å². The number of benzene rings is 1. The number of amides is 1. The molecule has 0 saturated heterocycles. The Morgan fingerprint density at radius 1 is 1.43 bits per heavy atom. The first kappa shape index (κ1) is 17.7. The van der Waals surface area contributed by atoms with Gasteiger partial charge in [0.2, 0.25) is 5.91 Å². The molecule has 1 fully saturated rings. The zero-order valence-electron chi connectivity index (χ0n) is 12.1. The predicted octanol–water partition coefficient (Wildman–Crippen LogP) is 2.40. The summed E-state index contributed by atoms with van der Waals surface area (Å²) in [7, 11) is 0. The molecule has 1 aromatic rings. The molecule has 1 amide bonds. The Labute approximate surface area is 130 Å². The van der Waals surface area contributed by atoms with Crippen molar-refractivity contribution in [2.75, 3.05) is 6.54 Å². The number of carbonyl (C=O) groups is 1. The Kier molecular flexibility index (Phi) is 6.42. The van der Waals surface area contributed by atoms with E-state index in [4.69, 9.17) is 10.5 Å². The molecule has 2 rings (SSSR count). The molecular formula is C15H22ClFN2O2. The van der Waals surface area contributed by atoms with Crippen LogP contribution < -0.4 is 15.8 Å². The van der Waals surface area contributed by atoms with E-state index in [1.807, 2.05) is 0 Å². The molecule has 1 aliphatic rings. The summed E-state index contributed by atoms with van der Waals surface area (Å²) in [5, 5.41) is 2.79. The van der Waals surface area contributed by atoms with Crippen molar-refractivity contribution in [2.45, 2.75) is 44.2 Å². The number of rotatable bonds is 5. The maximum Gasteiger partial charge on any atom is 0.240 e. The van der Waals surface area contributed by atoms with Crippen molar-refractivity contribution in [2.24, 2.45) is 5.73 Å². The van der Waals surface area contributed by atoms with E-state index < -0.39 is 11.4 Å². The van der Waals surface area contributed by atoms with Gasteiger partial charge in [-0.15, -0.1) is 12.4 Å². The van der Waals surface area contributed by atoms with Crippen LogP contribution in [-0.4, -0.2) is 24.1 Å². The van der Waals surface area contributed by atoms with Crippen molar-refractivity contribution in [3.8, 4) is 5.75 Å². The molecule has 0 aromatic heterocycles. The summed E-state index contributed by atoms with van der Waals surface area (Å²) in [6.45, 7) is 2.09. The number of ether oxygens (including phenoxy) is 1. The van der Waals surface area contributed by atoms with Gasteiger partial charge >= 0.3 is 0 Å². The van der Waals surface area contributed by atoms with Gasteiger partial charge in [-0.25, -0.2) is 4.39 Å². The lowest BCUT2D eigenvalue weighted by atomic mass is 9.98. The largest absolute Gasteiger partial charge is 0.486 e. The molecule has 4 nitrogen and oxygen atoms in total. The lowest BCUT2D eigenvalue weighted by molar-refractivity contribution is -0.126. The average Bonchev–Trinajstić information content (AvgIpc) is 2.87. The summed E-state index contributed by atoms with van der Waals surface area (Å²) < 4.78 is 18.9. The molecule has 0 aliphatic heterocycles. The van der Waals surface area contributed by atoms with E-state index in [9.17, 15) is 9.18 Å². The fourth-order valence-corrected chi connectivity index (χ4v) is 2.44. The van der Waals surface area contributed by atoms with Crippen LogP contribution in [0.4, 0.5) is 4.39 Å². The van der Waals surface area contributed by atoms with Crippen LogP contribution in [0.3, 0.4) is 0 Å². The Morgan fingerprint density at radius 3 is 2.67 bits per heavy atom. The van der Waals surface area contributed by atoms with Crippen LogP contribution in [0.15, 0.2) is 24.3 Å². The highest BCUT2D eigenvalue weighted by molar-refractivity contribution is 5.86. The first-order valence-corrected chi connectivity index (χ1v) is 7.00. The SMILES string of the molecule is CC(CNC(=O)C1(N)CCCC1)Oc1ccccc1F.Cl. The molecule has 3 N–H and O–H groups in total. The van der Waals surface area contributed by atoms with Gasteiger partial charge in [0.15, 0.2) is 11.6 Å². The molecule has 0 bridgehead atoms. The highest BCUT2D eigenvalue weighted by Crippen LogP contribution is 2.27. The monoisotopic (exact) mass is 316 g/mol. The highest BCUT2D eigenvalue weighted by Gasteiger charge is 2.36. The lowest BCUT2D eigenvalue weighted by Gasteiger charge is -2.24. The van der Waals surface area contributed by atoms with Gasteiger partial charge in [-0.05, 0) is 31.9 Å². The summed E-state index contributed by atoms with van der Waals surface area (Å²) in [5.41, 5.74) is 5.31. The molecule has 0 heterocycles. The topological polar surface area (TPSA) is 64.4 Å². The summed E-state index contributed by atoms with van der Waals surface area (Å²) in [6.07, 6.45) is 3.11. The minimum Gasteiger partial charge on any atom is -0.486 e. The van der Waals surface area contributed by atoms with Crippen molar-refractivity contribution in [1.82, 2.24) is 5.32 Å². The van der Waals surface area contributed by atoms with Crippen LogP contribution in [-0.2, 0) is 4.79 Å². The molecule has 21 heavy (non-hydrogen) atoms. The average molecular weight is 317 g/mol. The number of carbonyl (C=O) groups excluding carboxylic acids is 1. The quantitative estimate of drug-likeness (QED) is 0.876. The molecule has 0 spiro atoms. The standard InChI is InChI=1S/C15H21FN2O2.ClH/c1-11(20-13-7-3-2-6-12(13)16)10-18-14(19)15(17)8-4-5-9-15;/h2-3,6-7,11H,4-5,8-10,17H2,1H3,(H,18,19);1H. The summed E-state index contributed by atoms with van der Waals surface area (Å²) in [5.74, 6) is -0.353. The first-order valence-electron chi connectivity index (χ1n) is 7.00. The normalized spacial score (nSPS) is 17.7. The van der Waals surface area contributed by atoms with Gasteiger partial charge in [0.05, 0.1) is 12.1 Å². The molecule has 1 aromatic carbocycles. The van der Waals surface area contributed by atoms with Gasteiger partial charge in [0.25, 0.3) is 0 Å². The van der Waals surface area contributed by atoms with Crippen molar-refractivity contribution < 1.29 is 13.9 Å². The second-order valence-electron chi connectivity index (χ2n) is 5.43. The maximum atomic E-state index is 13.4. The third-order valence-corrected chi connectivity index (χ3v) is 3.66. The fraction of sp³-hybridized carbons (Fsp3) is 0.533. The molecule has 1 aliphatic carbocycles. The minimum absolute atomic E-state index is 0. The summed E-state index contributed by atoms with van der Waals surface area (Å²) in [4.78, 5) is 12.0. The van der Waals surface area contributed by atoms with E-state index in [1.165, 1.54) is 6.07 Å². The minimum atomic E-state index is -0.738. The molecule has 1 unspecified atom stereocenters. The lowest BCUT2D eigenvalue weighted by Crippen LogP contribution is -2.53. The Morgan fingerprint density at radius 2 is 2.05 bits per heavy atom. The van der Waals surface area contributed by atoms with E-state index in [0.29, 0.717) is 6.54 Å². The number of hydrogen-bond acceptors (Lipinski definition) is 3. The van der Waals surface area contributed by atoms with Crippen molar-refractivity contribution in [1.29, 1.82) is 0 Å². The molecular weight excluding hydrogens is 295 g/mol. The van der Waals surface area contributed by atoms with Crippen LogP contribution in [0.5, 0.6) is 5.75 Å². The number of nitrogens with one attached hydrogen (secondary N) is 1. The van der Waals surface area contributed by atoms with E-state index >= 15 is 0 Å².